The zero-order valence-corrected chi connectivity index (χ0v) is 44.0. The zero-order chi connectivity index (χ0) is 53.6. The van der Waals surface area contributed by atoms with E-state index in [9.17, 15) is 28.8 Å². The summed E-state index contributed by atoms with van der Waals surface area (Å²) in [6, 6.07) is 30.5. The van der Waals surface area contributed by atoms with E-state index in [-0.39, 0.29) is 22.3 Å². The van der Waals surface area contributed by atoms with E-state index in [4.69, 9.17) is 18.9 Å². The van der Waals surface area contributed by atoms with Gasteiger partial charge in [0.1, 0.15) is 35.1 Å². The molecule has 2 N–H and O–H groups in total. The number of para-hydroxylation sites is 2. The number of benzene rings is 6. The quantitative estimate of drug-likeness (QED) is 0.0789. The molecule has 9 rings (SSSR count). The van der Waals surface area contributed by atoms with Gasteiger partial charge in [0.05, 0.1) is 48.7 Å². The second-order valence-corrected chi connectivity index (χ2v) is 19.5. The normalized spacial score (nSPS) is 14.4. The third kappa shape index (κ3) is 10.5. The highest BCUT2D eigenvalue weighted by Gasteiger charge is 2.42. The second-order valence-electron chi connectivity index (χ2n) is 19.5. The zero-order valence-electron chi connectivity index (χ0n) is 44.0. The molecule has 2 heterocycles. The van der Waals surface area contributed by atoms with Crippen molar-refractivity contribution in [3.05, 3.63) is 176 Å². The molecule has 2 atom stereocenters. The molecular weight excluding hydrogens is 961 g/mol. The highest BCUT2D eigenvalue weighted by atomic mass is 16.5. The maximum atomic E-state index is 14.3. The van der Waals surface area contributed by atoms with Crippen molar-refractivity contribution >= 4 is 46.8 Å². The number of hydrogen-bond acceptors (Lipinski definition) is 10. The van der Waals surface area contributed by atoms with Crippen LogP contribution in [0, 0.1) is 0 Å². The lowest BCUT2D eigenvalue weighted by Gasteiger charge is -2.25. The Balaban J connectivity index is 1.17. The lowest BCUT2D eigenvalue weighted by atomic mass is 9.90. The van der Waals surface area contributed by atoms with Gasteiger partial charge < -0.3 is 29.6 Å². The number of imide groups is 2. The Labute approximate surface area is 443 Å². The SMILES string of the molecule is CCCOc1c2cccc1Cc1cc(NC(=O)[C@H](C)N3C(=O)c4ccccc4C3=O)cc(c1OCCC)Cc1cccc(c1OCCC)Cc1cc(NC(=O)[C@H](C)N3C(=O)c4ccccc4C3=O)cc(c1OCCC)C2. The second kappa shape index (κ2) is 23.1. The first-order chi connectivity index (χ1) is 36.8. The van der Waals surface area contributed by atoms with Gasteiger partial charge in [-0.05, 0) is 110 Å². The van der Waals surface area contributed by atoms with Crippen molar-refractivity contribution in [2.75, 3.05) is 37.1 Å². The molecule has 6 aromatic carbocycles. The number of anilines is 2. The molecule has 3 aliphatic rings. The Morgan fingerprint density at radius 1 is 0.408 bits per heavy atom. The molecule has 0 spiro atoms. The van der Waals surface area contributed by atoms with Gasteiger partial charge in [0.15, 0.2) is 0 Å². The fourth-order valence-corrected chi connectivity index (χ4v) is 10.2. The highest BCUT2D eigenvalue weighted by molar-refractivity contribution is 6.24. The first-order valence-corrected chi connectivity index (χ1v) is 26.4. The molecule has 0 saturated carbocycles. The first kappa shape index (κ1) is 52.6. The summed E-state index contributed by atoms with van der Waals surface area (Å²) >= 11 is 0. The molecule has 8 bridgehead atoms. The minimum Gasteiger partial charge on any atom is -0.493 e. The number of amides is 6. The molecular formula is C62H64N4O10. The molecule has 76 heavy (non-hydrogen) atoms. The molecule has 14 nitrogen and oxygen atoms in total. The minimum absolute atomic E-state index is 0.261. The lowest BCUT2D eigenvalue weighted by molar-refractivity contribution is -0.120. The molecule has 14 heteroatoms. The first-order valence-electron chi connectivity index (χ1n) is 26.4. The van der Waals surface area contributed by atoms with Crippen molar-refractivity contribution in [1.29, 1.82) is 0 Å². The van der Waals surface area contributed by atoms with Gasteiger partial charge in [-0.25, -0.2) is 0 Å². The lowest BCUT2D eigenvalue weighted by Crippen LogP contribution is -2.45. The van der Waals surface area contributed by atoms with E-state index in [1.807, 2.05) is 88.4 Å². The van der Waals surface area contributed by atoms with E-state index < -0.39 is 47.5 Å². The van der Waals surface area contributed by atoms with Crippen molar-refractivity contribution in [2.24, 2.45) is 0 Å². The summed E-state index contributed by atoms with van der Waals surface area (Å²) < 4.78 is 26.9. The van der Waals surface area contributed by atoms with Crippen LogP contribution >= 0.6 is 0 Å². The van der Waals surface area contributed by atoms with E-state index >= 15 is 0 Å². The summed E-state index contributed by atoms with van der Waals surface area (Å²) in [5, 5.41) is 6.16. The fraction of sp³-hybridized carbons (Fsp3) is 0.323. The molecule has 0 aromatic heterocycles. The van der Waals surface area contributed by atoms with Crippen LogP contribution in [-0.4, -0.2) is 83.8 Å². The van der Waals surface area contributed by atoms with Crippen LogP contribution in [0.3, 0.4) is 0 Å². The maximum absolute atomic E-state index is 14.3. The van der Waals surface area contributed by atoms with Crippen molar-refractivity contribution in [3.63, 3.8) is 0 Å². The van der Waals surface area contributed by atoms with Crippen LogP contribution in [-0.2, 0) is 35.3 Å². The fourth-order valence-electron chi connectivity index (χ4n) is 10.2. The number of nitrogens with zero attached hydrogens (tertiary/aromatic N) is 2. The number of rotatable bonds is 18. The van der Waals surface area contributed by atoms with Gasteiger partial charge in [-0.3, -0.25) is 38.6 Å². The Hall–Kier alpha value is -8.26. The van der Waals surface area contributed by atoms with Gasteiger partial charge in [-0.1, -0.05) is 88.4 Å². The molecule has 6 aromatic rings. The minimum atomic E-state index is -1.13. The van der Waals surface area contributed by atoms with Crippen molar-refractivity contribution in [1.82, 2.24) is 9.80 Å². The van der Waals surface area contributed by atoms with Gasteiger partial charge in [0, 0.05) is 59.3 Å². The van der Waals surface area contributed by atoms with Gasteiger partial charge in [-0.15, -0.1) is 0 Å². The largest absolute Gasteiger partial charge is 0.493 e. The number of fused-ring (bicyclic) bond motifs is 10. The number of nitrogens with one attached hydrogen (secondary N) is 2. The van der Waals surface area contributed by atoms with Gasteiger partial charge >= 0.3 is 0 Å². The number of carbonyl (C=O) groups is 6. The molecule has 0 saturated heterocycles. The number of ether oxygens (including phenoxy) is 4. The summed E-state index contributed by atoms with van der Waals surface area (Å²) in [5.41, 5.74) is 8.51. The average Bonchev–Trinajstić information content (AvgIpc) is 3.82. The summed E-state index contributed by atoms with van der Waals surface area (Å²) in [6.45, 7) is 13.0. The molecule has 1 aliphatic carbocycles. The topological polar surface area (TPSA) is 170 Å². The molecule has 0 unspecified atom stereocenters. The predicted molar refractivity (Wildman–Crippen MR) is 290 cm³/mol. The standard InChI is InChI=1S/C62H64N4O10/c1-7-25-73-53-39-17-15-18-40(53)30-44-34-48(64-58(68)38(6)66-61(71)51-23-13-14-24-52(51)62(66)72)36-46(56(44)76-28-10-4)32-42-20-16-19-41(54(42)74-26-8-2)31-45-35-47(33-43(29-39)55(45)75-27-9-3)63-57(67)37(5)65-59(69)49-21-11-12-22-50(49)60(65)70/h11-24,33-38H,7-10,25-32H2,1-6H3,(H,63,67)(H,64,68)/t37-,38-/m0/s1. The van der Waals surface area contributed by atoms with Crippen LogP contribution < -0.4 is 29.6 Å². The average molecular weight is 1030 g/mol. The van der Waals surface area contributed by atoms with Crippen molar-refractivity contribution in [3.8, 4) is 23.0 Å². The number of hydrogen-bond donors (Lipinski definition) is 2. The van der Waals surface area contributed by atoms with E-state index in [1.165, 1.54) is 0 Å². The predicted octanol–water partition coefficient (Wildman–Crippen LogP) is 10.8. The van der Waals surface area contributed by atoms with Crippen LogP contribution in [0.2, 0.25) is 0 Å². The van der Waals surface area contributed by atoms with E-state index in [1.54, 1.807) is 62.4 Å². The Kier molecular flexibility index (Phi) is 16.0. The molecule has 392 valence electrons. The van der Waals surface area contributed by atoms with E-state index in [0.717, 1.165) is 80.0 Å². The van der Waals surface area contributed by atoms with E-state index in [2.05, 4.69) is 10.6 Å². The number of carbonyl (C=O) groups excluding carboxylic acids is 6. The van der Waals surface area contributed by atoms with Gasteiger partial charge in [-0.2, -0.15) is 0 Å². The van der Waals surface area contributed by atoms with Crippen LogP contribution in [0.15, 0.2) is 109 Å². The van der Waals surface area contributed by atoms with Crippen LogP contribution in [0.5, 0.6) is 23.0 Å². The summed E-state index contributed by atoms with van der Waals surface area (Å²) in [6.07, 6.45) is 4.24. The summed E-state index contributed by atoms with van der Waals surface area (Å²) in [5.74, 6) is -0.489. The van der Waals surface area contributed by atoms with Gasteiger partial charge in [0.2, 0.25) is 11.8 Å². The monoisotopic (exact) mass is 1020 g/mol. The molecule has 0 fully saturated rings. The third-order valence-electron chi connectivity index (χ3n) is 13.9. The van der Waals surface area contributed by atoms with Crippen LogP contribution in [0.1, 0.15) is 153 Å². The molecule has 2 aliphatic heterocycles. The third-order valence-corrected chi connectivity index (χ3v) is 13.9. The Morgan fingerprint density at radius 3 is 0.908 bits per heavy atom. The van der Waals surface area contributed by atoms with Crippen LogP contribution in [0.25, 0.3) is 0 Å². The Bertz CT molecular complexity index is 2880. The van der Waals surface area contributed by atoms with E-state index in [0.29, 0.717) is 86.5 Å². The van der Waals surface area contributed by atoms with Crippen molar-refractivity contribution in [2.45, 2.75) is 105 Å². The van der Waals surface area contributed by atoms with Crippen LogP contribution in [0.4, 0.5) is 11.4 Å². The summed E-state index contributed by atoms with van der Waals surface area (Å²) in [7, 11) is 0. The molecule has 6 amide bonds. The highest BCUT2D eigenvalue weighted by Crippen LogP contribution is 2.42. The Morgan fingerprint density at radius 2 is 0.658 bits per heavy atom. The smallest absolute Gasteiger partial charge is 0.262 e. The summed E-state index contributed by atoms with van der Waals surface area (Å²) in [4.78, 5) is 84.8. The van der Waals surface area contributed by atoms with Crippen molar-refractivity contribution < 1.29 is 47.7 Å². The molecule has 0 radical (unpaired) electrons. The maximum Gasteiger partial charge on any atom is 0.262 e. The van der Waals surface area contributed by atoms with Gasteiger partial charge in [0.25, 0.3) is 23.6 Å².